The number of rotatable bonds is 3. The van der Waals surface area contributed by atoms with Crippen molar-refractivity contribution in [3.05, 3.63) is 0 Å². The standard InChI is InChI=1S/C15H28N2O/c1-15(5-9-18-10-6-15)12-16-13-4-8-17-7-2-3-14(17)11-13/h13-14,16H,2-12H2,1H3. The van der Waals surface area contributed by atoms with Gasteiger partial charge in [0.15, 0.2) is 0 Å². The van der Waals surface area contributed by atoms with Crippen molar-refractivity contribution in [1.29, 1.82) is 0 Å². The Labute approximate surface area is 111 Å². The Morgan fingerprint density at radius 2 is 2.06 bits per heavy atom. The molecule has 0 aromatic heterocycles. The second-order valence-corrected chi connectivity index (χ2v) is 6.86. The van der Waals surface area contributed by atoms with Crippen molar-refractivity contribution in [2.75, 3.05) is 32.8 Å². The van der Waals surface area contributed by atoms with E-state index in [2.05, 4.69) is 17.1 Å². The van der Waals surface area contributed by atoms with Crippen molar-refractivity contribution in [2.24, 2.45) is 5.41 Å². The van der Waals surface area contributed by atoms with Crippen LogP contribution in [0.1, 0.15) is 45.4 Å². The second-order valence-electron chi connectivity index (χ2n) is 6.86. The summed E-state index contributed by atoms with van der Waals surface area (Å²) in [5.41, 5.74) is 0.477. The Morgan fingerprint density at radius 3 is 2.89 bits per heavy atom. The largest absolute Gasteiger partial charge is 0.381 e. The van der Waals surface area contributed by atoms with Crippen molar-refractivity contribution >= 4 is 0 Å². The molecule has 3 saturated heterocycles. The van der Waals surface area contributed by atoms with Crippen LogP contribution in [0, 0.1) is 5.41 Å². The zero-order valence-electron chi connectivity index (χ0n) is 11.8. The van der Waals surface area contributed by atoms with Gasteiger partial charge in [-0.05, 0) is 57.0 Å². The number of nitrogens with zero attached hydrogens (tertiary/aromatic N) is 1. The fourth-order valence-electron chi connectivity index (χ4n) is 3.84. The van der Waals surface area contributed by atoms with Crippen molar-refractivity contribution in [3.8, 4) is 0 Å². The molecule has 3 fully saturated rings. The van der Waals surface area contributed by atoms with Crippen LogP contribution in [0.2, 0.25) is 0 Å². The molecule has 3 aliphatic rings. The van der Waals surface area contributed by atoms with Crippen LogP contribution >= 0.6 is 0 Å². The second kappa shape index (κ2) is 5.48. The van der Waals surface area contributed by atoms with Crippen LogP contribution in [0.25, 0.3) is 0 Å². The predicted molar refractivity (Wildman–Crippen MR) is 73.8 cm³/mol. The molecule has 18 heavy (non-hydrogen) atoms. The zero-order chi connectivity index (χ0) is 12.4. The zero-order valence-corrected chi connectivity index (χ0v) is 11.8. The Balaban J connectivity index is 1.45. The van der Waals surface area contributed by atoms with E-state index in [4.69, 9.17) is 4.74 Å². The van der Waals surface area contributed by atoms with Gasteiger partial charge in [-0.2, -0.15) is 0 Å². The number of hydrogen-bond donors (Lipinski definition) is 1. The van der Waals surface area contributed by atoms with Crippen LogP contribution in [0.5, 0.6) is 0 Å². The molecule has 3 aliphatic heterocycles. The first-order valence-corrected chi connectivity index (χ1v) is 7.80. The van der Waals surface area contributed by atoms with E-state index in [0.717, 1.165) is 25.3 Å². The fourth-order valence-corrected chi connectivity index (χ4v) is 3.84. The first-order valence-electron chi connectivity index (χ1n) is 7.80. The van der Waals surface area contributed by atoms with Gasteiger partial charge in [0.05, 0.1) is 0 Å². The van der Waals surface area contributed by atoms with Crippen molar-refractivity contribution in [3.63, 3.8) is 0 Å². The van der Waals surface area contributed by atoms with Gasteiger partial charge in [0, 0.05) is 31.8 Å². The van der Waals surface area contributed by atoms with Crippen LogP contribution in [0.15, 0.2) is 0 Å². The third-order valence-electron chi connectivity index (χ3n) is 5.34. The van der Waals surface area contributed by atoms with Crippen LogP contribution in [0.3, 0.4) is 0 Å². The Morgan fingerprint density at radius 1 is 1.22 bits per heavy atom. The molecule has 2 unspecified atom stereocenters. The van der Waals surface area contributed by atoms with E-state index >= 15 is 0 Å². The molecule has 3 nitrogen and oxygen atoms in total. The Kier molecular flexibility index (Phi) is 3.92. The molecule has 104 valence electrons. The molecule has 3 heterocycles. The highest BCUT2D eigenvalue weighted by molar-refractivity contribution is 4.90. The van der Waals surface area contributed by atoms with Gasteiger partial charge < -0.3 is 15.0 Å². The number of fused-ring (bicyclic) bond motifs is 1. The summed E-state index contributed by atoms with van der Waals surface area (Å²) >= 11 is 0. The quantitative estimate of drug-likeness (QED) is 0.831. The highest BCUT2D eigenvalue weighted by Gasteiger charge is 2.33. The minimum Gasteiger partial charge on any atom is -0.381 e. The third-order valence-corrected chi connectivity index (χ3v) is 5.34. The average molecular weight is 252 g/mol. The maximum Gasteiger partial charge on any atom is 0.0471 e. The van der Waals surface area contributed by atoms with Gasteiger partial charge in [0.1, 0.15) is 0 Å². The van der Waals surface area contributed by atoms with Crippen molar-refractivity contribution in [1.82, 2.24) is 10.2 Å². The average Bonchev–Trinajstić information content (AvgIpc) is 2.85. The van der Waals surface area contributed by atoms with E-state index in [-0.39, 0.29) is 0 Å². The van der Waals surface area contributed by atoms with E-state index < -0.39 is 0 Å². The van der Waals surface area contributed by atoms with E-state index in [1.54, 1.807) is 0 Å². The lowest BCUT2D eigenvalue weighted by Gasteiger charge is -2.39. The summed E-state index contributed by atoms with van der Waals surface area (Å²) in [6, 6.07) is 1.66. The van der Waals surface area contributed by atoms with Crippen LogP contribution < -0.4 is 5.32 Å². The monoisotopic (exact) mass is 252 g/mol. The summed E-state index contributed by atoms with van der Waals surface area (Å²) in [5.74, 6) is 0. The Hall–Kier alpha value is -0.120. The fraction of sp³-hybridized carbons (Fsp3) is 1.00. The van der Waals surface area contributed by atoms with Gasteiger partial charge in [0.25, 0.3) is 0 Å². The summed E-state index contributed by atoms with van der Waals surface area (Å²) < 4.78 is 5.48. The maximum absolute atomic E-state index is 5.48. The molecule has 0 spiro atoms. The number of ether oxygens (including phenoxy) is 1. The van der Waals surface area contributed by atoms with Crippen LogP contribution in [-0.4, -0.2) is 49.8 Å². The molecular weight excluding hydrogens is 224 g/mol. The first kappa shape index (κ1) is 12.9. The summed E-state index contributed by atoms with van der Waals surface area (Å²) in [6.07, 6.45) is 8.04. The lowest BCUT2D eigenvalue weighted by atomic mass is 9.82. The molecule has 0 bridgehead atoms. The van der Waals surface area contributed by atoms with E-state index in [9.17, 15) is 0 Å². The van der Waals surface area contributed by atoms with Crippen molar-refractivity contribution < 1.29 is 4.74 Å². The highest BCUT2D eigenvalue weighted by atomic mass is 16.5. The van der Waals surface area contributed by atoms with Gasteiger partial charge in [-0.25, -0.2) is 0 Å². The number of hydrogen-bond acceptors (Lipinski definition) is 3. The van der Waals surface area contributed by atoms with Gasteiger partial charge in [0.2, 0.25) is 0 Å². The predicted octanol–water partition coefficient (Wildman–Crippen LogP) is 2.02. The number of piperidine rings is 1. The highest BCUT2D eigenvalue weighted by Crippen LogP contribution is 2.31. The summed E-state index contributed by atoms with van der Waals surface area (Å²) in [6.45, 7) is 8.20. The lowest BCUT2D eigenvalue weighted by molar-refractivity contribution is 0.0211. The molecule has 0 aromatic rings. The summed E-state index contributed by atoms with van der Waals surface area (Å²) in [4.78, 5) is 2.70. The van der Waals surface area contributed by atoms with Gasteiger partial charge in [-0.1, -0.05) is 6.92 Å². The summed E-state index contributed by atoms with van der Waals surface area (Å²) in [5, 5.41) is 3.86. The molecule has 3 rings (SSSR count). The van der Waals surface area contributed by atoms with E-state index in [1.807, 2.05) is 0 Å². The van der Waals surface area contributed by atoms with Gasteiger partial charge in [-0.15, -0.1) is 0 Å². The van der Waals surface area contributed by atoms with Gasteiger partial charge in [-0.3, -0.25) is 0 Å². The molecule has 0 radical (unpaired) electrons. The van der Waals surface area contributed by atoms with Crippen molar-refractivity contribution in [2.45, 2.75) is 57.5 Å². The minimum absolute atomic E-state index is 0.477. The molecule has 3 heteroatoms. The molecule has 2 atom stereocenters. The first-order chi connectivity index (χ1) is 8.75. The van der Waals surface area contributed by atoms with Gasteiger partial charge >= 0.3 is 0 Å². The Bertz CT molecular complexity index is 276. The number of nitrogens with one attached hydrogen (secondary N) is 1. The van der Waals surface area contributed by atoms with Crippen LogP contribution in [0.4, 0.5) is 0 Å². The molecule has 0 aliphatic carbocycles. The SMILES string of the molecule is CC1(CNC2CCN3CCCC3C2)CCOCC1. The van der Waals surface area contributed by atoms with E-state index in [1.165, 1.54) is 58.2 Å². The normalized spacial score (nSPS) is 36.5. The maximum atomic E-state index is 5.48. The van der Waals surface area contributed by atoms with Crippen LogP contribution in [-0.2, 0) is 4.74 Å². The molecule has 0 aromatic carbocycles. The molecule has 1 N–H and O–H groups in total. The summed E-state index contributed by atoms with van der Waals surface area (Å²) in [7, 11) is 0. The third kappa shape index (κ3) is 2.89. The topological polar surface area (TPSA) is 24.5 Å². The smallest absolute Gasteiger partial charge is 0.0471 e. The molecule has 0 amide bonds. The molecule has 0 saturated carbocycles. The molecular formula is C15H28N2O. The lowest BCUT2D eigenvalue weighted by Crippen LogP contribution is -2.48. The minimum atomic E-state index is 0.477. The van der Waals surface area contributed by atoms with E-state index in [0.29, 0.717) is 5.41 Å².